The zero-order valence-electron chi connectivity index (χ0n) is 15.9. The van der Waals surface area contributed by atoms with Gasteiger partial charge in [0.1, 0.15) is 6.61 Å². The first kappa shape index (κ1) is 18.7. The van der Waals surface area contributed by atoms with Crippen LogP contribution in [-0.2, 0) is 17.8 Å². The van der Waals surface area contributed by atoms with Crippen LogP contribution in [0.25, 0.3) is 0 Å². The van der Waals surface area contributed by atoms with Crippen LogP contribution in [0.4, 0.5) is 0 Å². The Labute approximate surface area is 156 Å². The van der Waals surface area contributed by atoms with Crippen LogP contribution >= 0.6 is 0 Å². The molecule has 0 spiro atoms. The van der Waals surface area contributed by atoms with E-state index in [-0.39, 0.29) is 0 Å². The molecule has 1 saturated heterocycles. The number of hydrogen-bond donors (Lipinski definition) is 0. The molecule has 0 aliphatic carbocycles. The molecule has 4 heteroatoms. The standard InChI is InChI=1S/C22H29NO3/c1-18-5-7-20(8-6-18)17-26-21-10-9-19(16-22(21)24-2)4-3-11-23-12-14-25-15-13-23/h5-10,16H,3-4,11-15,17H2,1-2H3. The van der Waals surface area contributed by atoms with Crippen molar-refractivity contribution >= 4 is 0 Å². The smallest absolute Gasteiger partial charge is 0.161 e. The normalized spacial score (nSPS) is 15.0. The number of aryl methyl sites for hydroxylation is 2. The molecule has 1 heterocycles. The first-order chi connectivity index (χ1) is 12.7. The van der Waals surface area contributed by atoms with Gasteiger partial charge in [-0.05, 0) is 49.6 Å². The second kappa shape index (κ2) is 9.60. The van der Waals surface area contributed by atoms with Gasteiger partial charge in [-0.2, -0.15) is 0 Å². The van der Waals surface area contributed by atoms with Gasteiger partial charge in [0.25, 0.3) is 0 Å². The summed E-state index contributed by atoms with van der Waals surface area (Å²) in [5, 5.41) is 0. The Balaban J connectivity index is 1.52. The predicted molar refractivity (Wildman–Crippen MR) is 104 cm³/mol. The first-order valence-electron chi connectivity index (χ1n) is 9.40. The van der Waals surface area contributed by atoms with E-state index in [0.717, 1.165) is 62.8 Å². The molecule has 1 fully saturated rings. The largest absolute Gasteiger partial charge is 0.493 e. The SMILES string of the molecule is COc1cc(CCCN2CCOCC2)ccc1OCc1ccc(C)cc1. The van der Waals surface area contributed by atoms with Crippen LogP contribution in [0.2, 0.25) is 0 Å². The summed E-state index contributed by atoms with van der Waals surface area (Å²) in [6.07, 6.45) is 2.19. The van der Waals surface area contributed by atoms with E-state index in [1.54, 1.807) is 7.11 Å². The maximum atomic E-state index is 5.96. The summed E-state index contributed by atoms with van der Waals surface area (Å²) in [5.74, 6) is 1.60. The molecule has 0 unspecified atom stereocenters. The van der Waals surface area contributed by atoms with Gasteiger partial charge in [-0.1, -0.05) is 35.9 Å². The van der Waals surface area contributed by atoms with Gasteiger partial charge in [-0.3, -0.25) is 4.90 Å². The van der Waals surface area contributed by atoms with E-state index in [1.165, 1.54) is 11.1 Å². The van der Waals surface area contributed by atoms with E-state index in [1.807, 2.05) is 6.07 Å². The maximum absolute atomic E-state index is 5.96. The Morgan fingerprint density at radius 1 is 0.962 bits per heavy atom. The molecule has 2 aromatic rings. The van der Waals surface area contributed by atoms with Gasteiger partial charge in [0.2, 0.25) is 0 Å². The Morgan fingerprint density at radius 3 is 2.42 bits per heavy atom. The molecule has 1 aliphatic heterocycles. The van der Waals surface area contributed by atoms with Crippen LogP contribution in [0.15, 0.2) is 42.5 Å². The minimum Gasteiger partial charge on any atom is -0.493 e. The predicted octanol–water partition coefficient (Wildman–Crippen LogP) is 3.85. The van der Waals surface area contributed by atoms with Crippen LogP contribution in [0.3, 0.4) is 0 Å². The van der Waals surface area contributed by atoms with Crippen LogP contribution < -0.4 is 9.47 Å². The van der Waals surface area contributed by atoms with Crippen LogP contribution in [0.1, 0.15) is 23.1 Å². The fraction of sp³-hybridized carbons (Fsp3) is 0.455. The van der Waals surface area contributed by atoms with Gasteiger partial charge in [0.05, 0.1) is 20.3 Å². The third kappa shape index (κ3) is 5.48. The average molecular weight is 355 g/mol. The fourth-order valence-corrected chi connectivity index (χ4v) is 3.16. The summed E-state index contributed by atoms with van der Waals surface area (Å²) in [6, 6.07) is 14.7. The van der Waals surface area contributed by atoms with E-state index in [2.05, 4.69) is 48.2 Å². The Bertz CT molecular complexity index is 678. The molecule has 3 rings (SSSR count). The van der Waals surface area contributed by atoms with E-state index in [9.17, 15) is 0 Å². The van der Waals surface area contributed by atoms with Gasteiger partial charge in [0, 0.05) is 13.1 Å². The maximum Gasteiger partial charge on any atom is 0.161 e. The van der Waals surface area contributed by atoms with Crippen molar-refractivity contribution in [3.8, 4) is 11.5 Å². The highest BCUT2D eigenvalue weighted by molar-refractivity contribution is 5.43. The highest BCUT2D eigenvalue weighted by Crippen LogP contribution is 2.29. The number of ether oxygens (including phenoxy) is 3. The monoisotopic (exact) mass is 355 g/mol. The third-order valence-corrected chi connectivity index (χ3v) is 4.79. The fourth-order valence-electron chi connectivity index (χ4n) is 3.16. The van der Waals surface area contributed by atoms with Gasteiger partial charge in [0.15, 0.2) is 11.5 Å². The number of methoxy groups -OCH3 is 1. The highest BCUT2D eigenvalue weighted by Gasteiger charge is 2.10. The summed E-state index contributed by atoms with van der Waals surface area (Å²) in [5.41, 5.74) is 3.71. The van der Waals surface area contributed by atoms with Gasteiger partial charge < -0.3 is 14.2 Å². The minimum absolute atomic E-state index is 0.549. The molecular formula is C22H29NO3. The second-order valence-electron chi connectivity index (χ2n) is 6.82. The molecule has 4 nitrogen and oxygen atoms in total. The van der Waals surface area contributed by atoms with Gasteiger partial charge >= 0.3 is 0 Å². The van der Waals surface area contributed by atoms with Crippen LogP contribution in [-0.4, -0.2) is 44.9 Å². The second-order valence-corrected chi connectivity index (χ2v) is 6.82. The molecule has 0 bridgehead atoms. The molecular weight excluding hydrogens is 326 g/mol. The lowest BCUT2D eigenvalue weighted by Crippen LogP contribution is -2.36. The van der Waals surface area contributed by atoms with Crippen molar-refractivity contribution in [2.24, 2.45) is 0 Å². The average Bonchev–Trinajstić information content (AvgIpc) is 2.69. The van der Waals surface area contributed by atoms with E-state index in [4.69, 9.17) is 14.2 Å². The van der Waals surface area contributed by atoms with E-state index in [0.29, 0.717) is 6.61 Å². The lowest BCUT2D eigenvalue weighted by molar-refractivity contribution is 0.0374. The van der Waals surface area contributed by atoms with Gasteiger partial charge in [-0.15, -0.1) is 0 Å². The number of morpholine rings is 1. The third-order valence-electron chi connectivity index (χ3n) is 4.79. The zero-order chi connectivity index (χ0) is 18.2. The highest BCUT2D eigenvalue weighted by atomic mass is 16.5. The Morgan fingerprint density at radius 2 is 1.69 bits per heavy atom. The number of hydrogen-bond acceptors (Lipinski definition) is 4. The minimum atomic E-state index is 0.549. The van der Waals surface area contributed by atoms with Crippen molar-refractivity contribution in [2.45, 2.75) is 26.4 Å². The van der Waals surface area contributed by atoms with Crippen molar-refractivity contribution in [1.29, 1.82) is 0 Å². The summed E-state index contributed by atoms with van der Waals surface area (Å²) >= 11 is 0. The molecule has 0 N–H and O–H groups in total. The molecule has 0 radical (unpaired) electrons. The topological polar surface area (TPSA) is 30.9 Å². The molecule has 26 heavy (non-hydrogen) atoms. The van der Waals surface area contributed by atoms with Crippen molar-refractivity contribution in [2.75, 3.05) is 40.0 Å². The molecule has 2 aromatic carbocycles. The number of benzene rings is 2. The van der Waals surface area contributed by atoms with E-state index < -0.39 is 0 Å². The van der Waals surface area contributed by atoms with Crippen LogP contribution in [0.5, 0.6) is 11.5 Å². The lowest BCUT2D eigenvalue weighted by atomic mass is 10.1. The van der Waals surface area contributed by atoms with Crippen molar-refractivity contribution in [1.82, 2.24) is 4.90 Å². The summed E-state index contributed by atoms with van der Waals surface area (Å²) < 4.78 is 16.9. The first-order valence-corrected chi connectivity index (χ1v) is 9.40. The van der Waals surface area contributed by atoms with Crippen molar-refractivity contribution < 1.29 is 14.2 Å². The molecule has 0 atom stereocenters. The van der Waals surface area contributed by atoms with Crippen molar-refractivity contribution in [3.05, 3.63) is 59.2 Å². The van der Waals surface area contributed by atoms with E-state index >= 15 is 0 Å². The number of nitrogens with zero attached hydrogens (tertiary/aromatic N) is 1. The quantitative estimate of drug-likeness (QED) is 0.720. The Hall–Kier alpha value is -2.04. The summed E-state index contributed by atoms with van der Waals surface area (Å²) in [7, 11) is 1.70. The van der Waals surface area contributed by atoms with Crippen LogP contribution in [0, 0.1) is 6.92 Å². The summed E-state index contributed by atoms with van der Waals surface area (Å²) in [6.45, 7) is 7.59. The summed E-state index contributed by atoms with van der Waals surface area (Å²) in [4.78, 5) is 2.47. The number of rotatable bonds is 8. The molecule has 1 aliphatic rings. The molecule has 0 saturated carbocycles. The molecule has 140 valence electrons. The Kier molecular flexibility index (Phi) is 6.92. The molecule has 0 amide bonds. The van der Waals surface area contributed by atoms with Crippen molar-refractivity contribution in [3.63, 3.8) is 0 Å². The molecule has 0 aromatic heterocycles. The van der Waals surface area contributed by atoms with Gasteiger partial charge in [-0.25, -0.2) is 0 Å². The lowest BCUT2D eigenvalue weighted by Gasteiger charge is -2.26. The zero-order valence-corrected chi connectivity index (χ0v) is 15.9.